The Hall–Kier alpha value is -12.3. The number of aromatic nitrogens is 2. The SMILES string of the molecule is N#CC(C#N)=C1/C(=N/c2nc3c(s2)-c2cc4c(cc2OC3(C(=O)OCc2ccccc2)C(=O)OCc2ccccc2)-c2sc(/N=C3\C(=O)c5ccccc5C3=C(C#N)C#N)nc2C(C(=O)OCc2ccccc2)(C(=O)OCc2ccccc2)O4)Cc2ccccc21. The van der Waals surface area contributed by atoms with Gasteiger partial charge in [-0.15, -0.1) is 0 Å². The van der Waals surface area contributed by atoms with Gasteiger partial charge in [0.25, 0.3) is 0 Å². The van der Waals surface area contributed by atoms with Gasteiger partial charge in [-0.25, -0.2) is 39.1 Å². The molecule has 91 heavy (non-hydrogen) atoms. The first-order valence-electron chi connectivity index (χ1n) is 27.9. The van der Waals surface area contributed by atoms with E-state index in [4.69, 9.17) is 48.4 Å². The average molecular weight is 1230 g/mol. The van der Waals surface area contributed by atoms with Gasteiger partial charge < -0.3 is 28.4 Å². The predicted molar refractivity (Wildman–Crippen MR) is 330 cm³/mol. The Bertz CT molecular complexity index is 4710. The fourth-order valence-electron chi connectivity index (χ4n) is 10.9. The lowest BCUT2D eigenvalue weighted by Gasteiger charge is -2.36. The monoisotopic (exact) mass is 1230 g/mol. The zero-order valence-corrected chi connectivity index (χ0v) is 48.9. The second-order valence-electron chi connectivity index (χ2n) is 20.7. The average Bonchev–Trinajstić information content (AvgIpc) is 1.69. The van der Waals surface area contributed by atoms with Gasteiger partial charge in [0.05, 0.1) is 15.5 Å². The first kappa shape index (κ1) is 57.8. The Morgan fingerprint density at radius 1 is 0.462 bits per heavy atom. The van der Waals surface area contributed by atoms with Crippen LogP contribution in [0.1, 0.15) is 60.7 Å². The van der Waals surface area contributed by atoms with Gasteiger partial charge in [-0.05, 0) is 51.1 Å². The maximum atomic E-state index is 15.5. The molecule has 13 rings (SSSR count). The number of hydrogen-bond donors (Lipinski definition) is 0. The number of fused-ring (bicyclic) bond motifs is 8. The van der Waals surface area contributed by atoms with Crippen molar-refractivity contribution in [2.75, 3.05) is 0 Å². The molecule has 2 aliphatic heterocycles. The molecule has 0 amide bonds. The van der Waals surface area contributed by atoms with Crippen molar-refractivity contribution in [3.05, 3.63) is 249 Å². The molecule has 19 nitrogen and oxygen atoms in total. The van der Waals surface area contributed by atoms with E-state index >= 15 is 19.2 Å². The van der Waals surface area contributed by atoms with Crippen molar-refractivity contribution in [2.45, 2.75) is 44.1 Å². The number of nitriles is 4. The molecule has 2 aromatic heterocycles. The molecule has 0 radical (unpaired) electrons. The van der Waals surface area contributed by atoms with Crippen molar-refractivity contribution in [3.63, 3.8) is 0 Å². The van der Waals surface area contributed by atoms with Crippen LogP contribution in [-0.2, 0) is 82.2 Å². The minimum absolute atomic E-state index is 0.00777. The van der Waals surface area contributed by atoms with Crippen LogP contribution in [0.25, 0.3) is 32.0 Å². The van der Waals surface area contributed by atoms with Gasteiger partial charge in [-0.3, -0.25) is 4.79 Å². The van der Waals surface area contributed by atoms with Gasteiger partial charge in [-0.1, -0.05) is 193 Å². The van der Waals surface area contributed by atoms with E-state index in [2.05, 4.69) is 0 Å². The van der Waals surface area contributed by atoms with Crippen molar-refractivity contribution in [2.24, 2.45) is 9.98 Å². The second-order valence-corrected chi connectivity index (χ2v) is 22.6. The molecule has 2 aliphatic carbocycles. The van der Waals surface area contributed by atoms with Gasteiger partial charge >= 0.3 is 35.1 Å². The third-order valence-electron chi connectivity index (χ3n) is 15.2. The summed E-state index contributed by atoms with van der Waals surface area (Å²) in [5, 5.41) is 40.6. The summed E-state index contributed by atoms with van der Waals surface area (Å²) < 4.78 is 37.8. The molecular formula is C70H40N8O11S2. The number of hydrogen-bond acceptors (Lipinski definition) is 21. The summed E-state index contributed by atoms with van der Waals surface area (Å²) in [5.74, 6) is -6.10. The number of thiazole rings is 2. The van der Waals surface area contributed by atoms with Gasteiger partial charge in [0.2, 0.25) is 16.0 Å². The first-order valence-corrected chi connectivity index (χ1v) is 29.5. The van der Waals surface area contributed by atoms with E-state index < -0.39 is 52.1 Å². The highest BCUT2D eigenvalue weighted by atomic mass is 32.1. The Balaban J connectivity index is 1.04. The van der Waals surface area contributed by atoms with Crippen LogP contribution in [0.3, 0.4) is 0 Å². The Labute approximate surface area is 525 Å². The van der Waals surface area contributed by atoms with E-state index in [0.29, 0.717) is 27.8 Å². The molecule has 0 bridgehead atoms. The van der Waals surface area contributed by atoms with Crippen molar-refractivity contribution < 1.29 is 52.4 Å². The van der Waals surface area contributed by atoms with Gasteiger partial charge in [-0.2, -0.15) is 21.0 Å². The highest BCUT2D eigenvalue weighted by molar-refractivity contribution is 7.19. The molecule has 7 aromatic carbocycles. The molecule has 9 aromatic rings. The molecule has 4 aliphatic rings. The smallest absolute Gasteiger partial charge is 0.369 e. The van der Waals surface area contributed by atoms with Crippen molar-refractivity contribution in [1.82, 2.24) is 9.97 Å². The molecule has 0 atom stereocenters. The molecule has 0 saturated carbocycles. The maximum absolute atomic E-state index is 15.5. The summed E-state index contributed by atoms with van der Waals surface area (Å²) in [6, 6.07) is 58.7. The summed E-state index contributed by atoms with van der Waals surface area (Å²) in [4.78, 5) is 95.7. The zero-order chi connectivity index (χ0) is 62.8. The molecule has 0 fully saturated rings. The predicted octanol–water partition coefficient (Wildman–Crippen LogP) is 12.0. The van der Waals surface area contributed by atoms with Crippen molar-refractivity contribution >= 4 is 85.2 Å². The summed E-state index contributed by atoms with van der Waals surface area (Å²) in [6.45, 7) is -1.43. The highest BCUT2D eigenvalue weighted by Crippen LogP contribution is 2.58. The normalized spacial score (nSPS) is 14.8. The number of nitrogens with zero attached hydrogens (tertiary/aromatic N) is 8. The molecule has 0 N–H and O–H groups in total. The number of carbonyl (C=O) groups excluding carboxylic acids is 5. The standard InChI is InChI=1S/C70H40N8O11S2/c71-32-45(33-72)55-47-26-14-13-25-44(47)29-52(55)75-67-77-61-59(90-67)50-30-54-51(31-53(50)88-69(61,63(80)84-36-40-17-5-1-6-18-40)64(81)85-37-41-19-7-2-8-20-41)60-62(78-68(91-60)76-57-56(46(34-73)35-74)48-27-15-16-28-49(48)58(57)79)70(89-54,65(82)86-38-42-21-9-3-10-22-42)66(83)87-39-43-23-11-4-12-24-43/h1-28,30-31H,29,36-39H2/b75-52+,76-57-. The lowest BCUT2D eigenvalue weighted by Crippen LogP contribution is -2.53. The minimum Gasteiger partial charge on any atom is -0.458 e. The minimum atomic E-state index is -2.93. The van der Waals surface area contributed by atoms with Crippen molar-refractivity contribution in [3.8, 4) is 56.7 Å². The number of ketones is 1. The Kier molecular flexibility index (Phi) is 15.3. The molecule has 438 valence electrons. The number of esters is 4. The number of Topliss-reactive ketones (excluding diaryl/α,β-unsaturated/α-hetero) is 1. The van der Waals surface area contributed by atoms with E-state index in [9.17, 15) is 25.8 Å². The summed E-state index contributed by atoms with van der Waals surface area (Å²) in [5.41, 5.74) is -3.05. The van der Waals surface area contributed by atoms with E-state index in [0.717, 1.165) is 28.2 Å². The summed E-state index contributed by atoms with van der Waals surface area (Å²) in [6.07, 6.45) is 0.157. The number of ether oxygens (including phenoxy) is 6. The zero-order valence-electron chi connectivity index (χ0n) is 47.2. The van der Waals surface area contributed by atoms with Crippen LogP contribution >= 0.6 is 22.7 Å². The molecular weight excluding hydrogens is 1190 g/mol. The third-order valence-corrected chi connectivity index (χ3v) is 17.2. The second kappa shape index (κ2) is 24.1. The number of benzene rings is 7. The van der Waals surface area contributed by atoms with Crippen LogP contribution in [0.2, 0.25) is 0 Å². The molecule has 0 saturated heterocycles. The quantitative estimate of drug-likeness (QED) is 0.0423. The van der Waals surface area contributed by atoms with Crippen LogP contribution < -0.4 is 9.47 Å². The van der Waals surface area contributed by atoms with Crippen LogP contribution in [0, 0.1) is 45.3 Å². The van der Waals surface area contributed by atoms with E-state index in [1.165, 1.54) is 18.2 Å². The Morgan fingerprint density at radius 2 is 0.824 bits per heavy atom. The maximum Gasteiger partial charge on any atom is 0.369 e. The van der Waals surface area contributed by atoms with Crippen LogP contribution in [0.4, 0.5) is 10.3 Å². The first-order chi connectivity index (χ1) is 44.5. The number of allylic oxidation sites excluding steroid dienone is 4. The van der Waals surface area contributed by atoms with Gasteiger partial charge in [0, 0.05) is 34.3 Å². The summed E-state index contributed by atoms with van der Waals surface area (Å²) >= 11 is 1.66. The highest BCUT2D eigenvalue weighted by Gasteiger charge is 2.63. The number of rotatable bonds is 14. The lowest BCUT2D eigenvalue weighted by molar-refractivity contribution is -0.185. The topological polar surface area (TPSA) is 286 Å². The molecule has 0 unspecified atom stereocenters. The van der Waals surface area contributed by atoms with Crippen LogP contribution in [0.15, 0.2) is 203 Å². The van der Waals surface area contributed by atoms with Crippen LogP contribution in [-0.4, -0.2) is 51.1 Å². The van der Waals surface area contributed by atoms with Crippen molar-refractivity contribution in [1.29, 1.82) is 21.0 Å². The molecule has 21 heteroatoms. The van der Waals surface area contributed by atoms with Gasteiger partial charge in [0.1, 0.15) is 90.4 Å². The van der Waals surface area contributed by atoms with Crippen LogP contribution in [0.5, 0.6) is 11.5 Å². The molecule has 4 heterocycles. The van der Waals surface area contributed by atoms with E-state index in [1.54, 1.807) is 152 Å². The van der Waals surface area contributed by atoms with E-state index in [-0.39, 0.29) is 120 Å². The third kappa shape index (κ3) is 10.3. The fraction of sp³-hybridized carbons (Fsp3) is 0.100. The largest absolute Gasteiger partial charge is 0.458 e. The van der Waals surface area contributed by atoms with Gasteiger partial charge in [0.15, 0.2) is 0 Å². The fourth-order valence-corrected chi connectivity index (χ4v) is 13.0. The lowest BCUT2D eigenvalue weighted by atomic mass is 9.89. The van der Waals surface area contributed by atoms with E-state index in [1.807, 2.05) is 36.4 Å². The number of aliphatic imine (C=N–C) groups is 2. The molecule has 0 spiro atoms. The summed E-state index contributed by atoms with van der Waals surface area (Å²) in [7, 11) is 0. The Morgan fingerprint density at radius 3 is 1.24 bits per heavy atom. The number of carbonyl (C=O) groups is 5.